The number of aliphatic hydroxyl groups is 1. The van der Waals surface area contributed by atoms with E-state index in [1.165, 1.54) is 0 Å². The number of anilines is 1. The highest BCUT2D eigenvalue weighted by molar-refractivity contribution is 9.10. The van der Waals surface area contributed by atoms with Crippen molar-refractivity contribution in [2.45, 2.75) is 6.61 Å². The van der Waals surface area contributed by atoms with Gasteiger partial charge in [-0.05, 0) is 17.7 Å². The molecule has 0 unspecified atom stereocenters. The normalized spacial score (nSPS) is 10.3. The van der Waals surface area contributed by atoms with Gasteiger partial charge in [0.25, 0.3) is 0 Å². The number of hydrogen-bond acceptors (Lipinski definition) is 4. The molecule has 1 rings (SSSR count). The van der Waals surface area contributed by atoms with E-state index in [4.69, 9.17) is 9.84 Å². The van der Waals surface area contributed by atoms with Crippen molar-refractivity contribution in [3.05, 3.63) is 28.2 Å². The van der Waals surface area contributed by atoms with Crippen molar-refractivity contribution >= 4 is 27.5 Å². The number of amides is 1. The average molecular weight is 331 g/mol. The number of methoxy groups -OCH3 is 1. The zero-order chi connectivity index (χ0) is 14.3. The van der Waals surface area contributed by atoms with Crippen molar-refractivity contribution < 1.29 is 14.6 Å². The van der Waals surface area contributed by atoms with Gasteiger partial charge in [0.05, 0.1) is 19.8 Å². The first-order chi connectivity index (χ1) is 9.08. The molecule has 0 aliphatic heterocycles. The van der Waals surface area contributed by atoms with Gasteiger partial charge in [-0.1, -0.05) is 22.0 Å². The number of halogens is 1. The van der Waals surface area contributed by atoms with Gasteiger partial charge in [0.15, 0.2) is 0 Å². The number of ether oxygens (including phenoxy) is 1. The fourth-order valence-corrected chi connectivity index (χ4v) is 2.05. The first kappa shape index (κ1) is 15.9. The van der Waals surface area contributed by atoms with Gasteiger partial charge in [0.1, 0.15) is 0 Å². The van der Waals surface area contributed by atoms with Gasteiger partial charge >= 0.3 is 0 Å². The first-order valence-corrected chi connectivity index (χ1v) is 6.73. The number of carbonyl (C=O) groups excluding carboxylic acids is 1. The number of rotatable bonds is 7. The minimum Gasteiger partial charge on any atom is -0.392 e. The number of carbonyl (C=O) groups is 1. The molecule has 2 N–H and O–H groups in total. The van der Waals surface area contributed by atoms with Crippen molar-refractivity contribution in [3.63, 3.8) is 0 Å². The van der Waals surface area contributed by atoms with E-state index in [2.05, 4.69) is 21.2 Å². The largest absolute Gasteiger partial charge is 0.392 e. The van der Waals surface area contributed by atoms with Crippen LogP contribution in [-0.4, -0.2) is 44.9 Å². The summed E-state index contributed by atoms with van der Waals surface area (Å²) in [6.07, 6.45) is 0. The summed E-state index contributed by atoms with van der Waals surface area (Å²) >= 11 is 3.39. The maximum absolute atomic E-state index is 11.6. The van der Waals surface area contributed by atoms with Crippen LogP contribution >= 0.6 is 15.9 Å². The van der Waals surface area contributed by atoms with E-state index in [0.717, 1.165) is 15.7 Å². The lowest BCUT2D eigenvalue weighted by Crippen LogP contribution is -2.36. The zero-order valence-corrected chi connectivity index (χ0v) is 12.7. The second-order valence-corrected chi connectivity index (χ2v) is 4.99. The second-order valence-electron chi connectivity index (χ2n) is 4.13. The van der Waals surface area contributed by atoms with Gasteiger partial charge < -0.3 is 20.1 Å². The summed E-state index contributed by atoms with van der Waals surface area (Å²) in [4.78, 5) is 13.5. The molecule has 106 valence electrons. The molecule has 0 bridgehead atoms. The summed E-state index contributed by atoms with van der Waals surface area (Å²) < 4.78 is 5.70. The quantitative estimate of drug-likeness (QED) is 0.736. The molecule has 1 aromatic rings. The lowest BCUT2D eigenvalue weighted by Gasteiger charge is -2.19. The summed E-state index contributed by atoms with van der Waals surface area (Å²) in [5, 5.41) is 11.9. The highest BCUT2D eigenvalue weighted by Gasteiger charge is 2.08. The molecule has 1 aromatic carbocycles. The number of benzene rings is 1. The first-order valence-electron chi connectivity index (χ1n) is 5.94. The van der Waals surface area contributed by atoms with E-state index in [1.54, 1.807) is 7.11 Å². The molecule has 0 aliphatic rings. The Kier molecular flexibility index (Phi) is 6.83. The van der Waals surface area contributed by atoms with Gasteiger partial charge in [-0.25, -0.2) is 0 Å². The summed E-state index contributed by atoms with van der Waals surface area (Å²) in [5.74, 6) is -0.0538. The molecule has 0 saturated heterocycles. The maximum Gasteiger partial charge on any atom is 0.239 e. The van der Waals surface area contributed by atoms with Crippen LogP contribution in [-0.2, 0) is 16.1 Å². The fraction of sp³-hybridized carbons (Fsp3) is 0.462. The molecule has 0 radical (unpaired) electrons. The van der Waals surface area contributed by atoms with E-state index in [0.29, 0.717) is 13.2 Å². The molecule has 0 saturated carbocycles. The van der Waals surface area contributed by atoms with Gasteiger partial charge in [0.2, 0.25) is 5.91 Å². The van der Waals surface area contributed by atoms with Crippen LogP contribution in [0.5, 0.6) is 0 Å². The van der Waals surface area contributed by atoms with Crippen LogP contribution in [0.4, 0.5) is 5.69 Å². The zero-order valence-electron chi connectivity index (χ0n) is 11.1. The van der Waals surface area contributed by atoms with E-state index in [1.807, 2.05) is 30.1 Å². The van der Waals surface area contributed by atoms with Crippen LogP contribution < -0.4 is 10.2 Å². The Morgan fingerprint density at radius 2 is 2.26 bits per heavy atom. The number of nitrogens with zero attached hydrogens (tertiary/aromatic N) is 1. The van der Waals surface area contributed by atoms with Crippen molar-refractivity contribution in [1.82, 2.24) is 5.32 Å². The lowest BCUT2D eigenvalue weighted by atomic mass is 10.2. The summed E-state index contributed by atoms with van der Waals surface area (Å²) in [7, 11) is 3.44. The minimum atomic E-state index is -0.0538. The summed E-state index contributed by atoms with van der Waals surface area (Å²) in [6, 6.07) is 5.59. The third-order valence-electron chi connectivity index (χ3n) is 2.66. The van der Waals surface area contributed by atoms with Gasteiger partial charge in [-0.2, -0.15) is 0 Å². The molecule has 0 atom stereocenters. The number of likely N-dealkylation sites (N-methyl/N-ethyl adjacent to an activating group) is 1. The van der Waals surface area contributed by atoms with Crippen LogP contribution in [0.2, 0.25) is 0 Å². The van der Waals surface area contributed by atoms with Crippen molar-refractivity contribution in [3.8, 4) is 0 Å². The molecule has 0 aromatic heterocycles. The van der Waals surface area contributed by atoms with Crippen LogP contribution in [0.25, 0.3) is 0 Å². The monoisotopic (exact) mass is 330 g/mol. The SMILES string of the molecule is COCCNC(=O)CN(C)c1ccc(CO)c(Br)c1. The van der Waals surface area contributed by atoms with Crippen LogP contribution in [0.3, 0.4) is 0 Å². The number of aliphatic hydroxyl groups excluding tert-OH is 1. The van der Waals surface area contributed by atoms with Crippen LogP contribution in [0.15, 0.2) is 22.7 Å². The highest BCUT2D eigenvalue weighted by atomic mass is 79.9. The molecule has 0 aliphatic carbocycles. The maximum atomic E-state index is 11.6. The Morgan fingerprint density at radius 1 is 1.53 bits per heavy atom. The third-order valence-corrected chi connectivity index (χ3v) is 3.40. The Bertz CT molecular complexity index is 426. The smallest absolute Gasteiger partial charge is 0.239 e. The molecule has 19 heavy (non-hydrogen) atoms. The minimum absolute atomic E-state index is 0.0118. The lowest BCUT2D eigenvalue weighted by molar-refractivity contribution is -0.119. The molecule has 1 amide bonds. The number of hydrogen-bond donors (Lipinski definition) is 2. The molecule has 0 spiro atoms. The van der Waals surface area contributed by atoms with Crippen LogP contribution in [0, 0.1) is 0 Å². The van der Waals surface area contributed by atoms with Gasteiger partial charge in [-0.15, -0.1) is 0 Å². The predicted molar refractivity (Wildman–Crippen MR) is 78.2 cm³/mol. The van der Waals surface area contributed by atoms with Gasteiger partial charge in [0, 0.05) is 30.9 Å². The van der Waals surface area contributed by atoms with Gasteiger partial charge in [-0.3, -0.25) is 4.79 Å². The molecular weight excluding hydrogens is 312 g/mol. The van der Waals surface area contributed by atoms with Crippen molar-refractivity contribution in [1.29, 1.82) is 0 Å². The highest BCUT2D eigenvalue weighted by Crippen LogP contribution is 2.23. The second kappa shape index (κ2) is 8.14. The van der Waals surface area contributed by atoms with E-state index < -0.39 is 0 Å². The van der Waals surface area contributed by atoms with E-state index in [9.17, 15) is 4.79 Å². The Balaban J connectivity index is 2.55. The Hall–Kier alpha value is -1.11. The fourth-order valence-electron chi connectivity index (χ4n) is 1.56. The third kappa shape index (κ3) is 5.18. The number of nitrogens with one attached hydrogen (secondary N) is 1. The van der Waals surface area contributed by atoms with E-state index in [-0.39, 0.29) is 19.1 Å². The molecule has 5 nitrogen and oxygen atoms in total. The summed E-state index contributed by atoms with van der Waals surface area (Å²) in [5.41, 5.74) is 1.73. The van der Waals surface area contributed by atoms with E-state index >= 15 is 0 Å². The van der Waals surface area contributed by atoms with Crippen LogP contribution in [0.1, 0.15) is 5.56 Å². The average Bonchev–Trinajstić information content (AvgIpc) is 2.38. The standard InChI is InChI=1S/C13H19BrN2O3/c1-16(8-13(18)15-5-6-19-2)11-4-3-10(9-17)12(14)7-11/h3-4,7,17H,5-6,8-9H2,1-2H3,(H,15,18). The Morgan fingerprint density at radius 3 is 2.84 bits per heavy atom. The Labute approximate surface area is 121 Å². The predicted octanol–water partition coefficient (Wildman–Crippen LogP) is 1.14. The van der Waals surface area contributed by atoms with Crippen molar-refractivity contribution in [2.24, 2.45) is 0 Å². The molecular formula is C13H19BrN2O3. The van der Waals surface area contributed by atoms with Crippen molar-refractivity contribution in [2.75, 3.05) is 38.8 Å². The topological polar surface area (TPSA) is 61.8 Å². The molecule has 6 heteroatoms. The molecule has 0 heterocycles. The molecule has 0 fully saturated rings. The summed E-state index contributed by atoms with van der Waals surface area (Å²) in [6.45, 7) is 1.28.